The van der Waals surface area contributed by atoms with E-state index >= 15 is 0 Å². The number of rotatable bonds is 9. The third-order valence-electron chi connectivity index (χ3n) is 3.90. The number of hydrogen-bond acceptors (Lipinski definition) is 2. The van der Waals surface area contributed by atoms with Gasteiger partial charge in [-0.15, -0.1) is 0 Å². The molecular weight excluding hydrogens is 348 g/mol. The minimum atomic E-state index is -0.353. The van der Waals surface area contributed by atoms with Crippen molar-refractivity contribution in [3.05, 3.63) is 95.7 Å². The number of benzene rings is 2. The van der Waals surface area contributed by atoms with Crippen LogP contribution in [0.3, 0.4) is 0 Å². The summed E-state index contributed by atoms with van der Waals surface area (Å²) in [7, 11) is 0. The summed E-state index contributed by atoms with van der Waals surface area (Å²) < 4.78 is 0. The van der Waals surface area contributed by atoms with Crippen LogP contribution in [0.1, 0.15) is 30.9 Å². The van der Waals surface area contributed by atoms with E-state index in [1.807, 2.05) is 66.7 Å². The predicted molar refractivity (Wildman–Crippen MR) is 115 cm³/mol. The average Bonchev–Trinajstić information content (AvgIpc) is 2.73. The average molecular weight is 374 g/mol. The third kappa shape index (κ3) is 7.87. The molecule has 0 spiro atoms. The van der Waals surface area contributed by atoms with Crippen LogP contribution in [-0.4, -0.2) is 18.4 Å². The van der Waals surface area contributed by atoms with Crippen LogP contribution in [0.5, 0.6) is 0 Å². The summed E-state index contributed by atoms with van der Waals surface area (Å²) >= 11 is 0. The highest BCUT2D eigenvalue weighted by molar-refractivity contribution is 6.01. The highest BCUT2D eigenvalue weighted by Crippen LogP contribution is 2.03. The predicted octanol–water partition coefficient (Wildman–Crippen LogP) is 4.33. The van der Waals surface area contributed by atoms with Crippen molar-refractivity contribution in [3.8, 4) is 0 Å². The van der Waals surface area contributed by atoms with Gasteiger partial charge in [0.05, 0.1) is 0 Å². The van der Waals surface area contributed by atoms with Crippen LogP contribution in [0.25, 0.3) is 12.2 Å². The lowest BCUT2D eigenvalue weighted by molar-refractivity contribution is -0.121. The molecule has 2 aromatic rings. The molecule has 4 nitrogen and oxygen atoms in total. The molecule has 0 saturated carbocycles. The Kier molecular flexibility index (Phi) is 9.01. The van der Waals surface area contributed by atoms with Crippen LogP contribution < -0.4 is 10.6 Å². The van der Waals surface area contributed by atoms with Gasteiger partial charge in [0, 0.05) is 12.6 Å². The minimum absolute atomic E-state index is 0.214. The standard InChI is InChI=1S/C24H26N2O2/c1-2-3-19-25-24(28)22(16-10-15-20-11-6-4-7-12-20)26-23(27)18-17-21-13-8-5-9-14-21/h4-18H,2-3,19H2,1H3,(H,25,28)(H,26,27)/b15-10+,18-17+,22-16-. The Balaban J connectivity index is 2.07. The zero-order valence-corrected chi connectivity index (χ0v) is 16.1. The summed E-state index contributed by atoms with van der Waals surface area (Å²) in [6, 6.07) is 19.3. The Morgan fingerprint density at radius 3 is 2.11 bits per heavy atom. The van der Waals surface area contributed by atoms with E-state index in [-0.39, 0.29) is 17.5 Å². The highest BCUT2D eigenvalue weighted by Gasteiger charge is 2.10. The topological polar surface area (TPSA) is 58.2 Å². The fourth-order valence-electron chi connectivity index (χ4n) is 2.38. The molecule has 2 amide bonds. The van der Waals surface area contributed by atoms with E-state index in [1.54, 1.807) is 18.2 Å². The van der Waals surface area contributed by atoms with Crippen molar-refractivity contribution in [2.45, 2.75) is 19.8 Å². The summed E-state index contributed by atoms with van der Waals surface area (Å²) in [5, 5.41) is 5.50. The molecule has 2 N–H and O–H groups in total. The summed E-state index contributed by atoms with van der Waals surface area (Å²) in [6.45, 7) is 2.63. The minimum Gasteiger partial charge on any atom is -0.351 e. The first-order chi connectivity index (χ1) is 13.7. The lowest BCUT2D eigenvalue weighted by Crippen LogP contribution is -2.34. The summed E-state index contributed by atoms with van der Waals surface area (Å²) in [6.07, 6.45) is 10.3. The van der Waals surface area contributed by atoms with Gasteiger partial charge in [0.15, 0.2) is 0 Å². The summed E-state index contributed by atoms with van der Waals surface area (Å²) in [5.41, 5.74) is 2.14. The number of nitrogens with one attached hydrogen (secondary N) is 2. The third-order valence-corrected chi connectivity index (χ3v) is 3.90. The molecule has 0 aliphatic heterocycles. The molecule has 0 unspecified atom stereocenters. The van der Waals surface area contributed by atoms with E-state index in [2.05, 4.69) is 17.6 Å². The number of carbonyl (C=O) groups is 2. The van der Waals surface area contributed by atoms with E-state index in [0.29, 0.717) is 6.54 Å². The Labute approximate surface area is 166 Å². The van der Waals surface area contributed by atoms with Crippen LogP contribution in [0, 0.1) is 0 Å². The van der Waals surface area contributed by atoms with Crippen molar-refractivity contribution in [2.75, 3.05) is 6.54 Å². The Bertz CT molecular complexity index is 837. The van der Waals surface area contributed by atoms with Crippen LogP contribution in [0.4, 0.5) is 0 Å². The van der Waals surface area contributed by atoms with Crippen LogP contribution in [0.2, 0.25) is 0 Å². The first-order valence-electron chi connectivity index (χ1n) is 9.44. The molecule has 0 aromatic heterocycles. The van der Waals surface area contributed by atoms with Gasteiger partial charge in [-0.25, -0.2) is 0 Å². The van der Waals surface area contributed by atoms with Crippen molar-refractivity contribution in [1.29, 1.82) is 0 Å². The van der Waals surface area contributed by atoms with Crippen molar-refractivity contribution < 1.29 is 9.59 Å². The number of hydrogen-bond donors (Lipinski definition) is 2. The lowest BCUT2D eigenvalue weighted by Gasteiger charge is -2.08. The smallest absolute Gasteiger partial charge is 0.267 e. The molecular formula is C24H26N2O2. The zero-order valence-electron chi connectivity index (χ0n) is 16.1. The Morgan fingerprint density at radius 1 is 0.893 bits per heavy atom. The molecule has 0 aliphatic rings. The van der Waals surface area contributed by atoms with Gasteiger partial charge in [-0.05, 0) is 29.7 Å². The first-order valence-corrected chi connectivity index (χ1v) is 9.44. The van der Waals surface area contributed by atoms with Gasteiger partial charge in [-0.2, -0.15) is 0 Å². The van der Waals surface area contributed by atoms with E-state index in [1.165, 1.54) is 6.08 Å². The monoisotopic (exact) mass is 374 g/mol. The molecule has 2 rings (SSSR count). The SMILES string of the molecule is CCCCNC(=O)/C(=C/C=C/c1ccccc1)NC(=O)/C=C/c1ccccc1. The lowest BCUT2D eigenvalue weighted by atomic mass is 10.2. The molecule has 0 heterocycles. The van der Waals surface area contributed by atoms with E-state index in [0.717, 1.165) is 24.0 Å². The van der Waals surface area contributed by atoms with Crippen molar-refractivity contribution in [1.82, 2.24) is 10.6 Å². The molecule has 0 radical (unpaired) electrons. The van der Waals surface area contributed by atoms with Crippen LogP contribution in [-0.2, 0) is 9.59 Å². The van der Waals surface area contributed by atoms with Gasteiger partial charge in [-0.3, -0.25) is 9.59 Å². The highest BCUT2D eigenvalue weighted by atomic mass is 16.2. The fraction of sp³-hybridized carbons (Fsp3) is 0.167. The number of amides is 2. The second kappa shape index (κ2) is 12.1. The number of allylic oxidation sites excluding steroid dienone is 2. The molecule has 0 fully saturated rings. The molecule has 0 saturated heterocycles. The molecule has 4 heteroatoms. The van der Waals surface area contributed by atoms with Gasteiger partial charge in [0.25, 0.3) is 5.91 Å². The van der Waals surface area contributed by atoms with Gasteiger partial charge in [-0.1, -0.05) is 86.2 Å². The molecule has 28 heavy (non-hydrogen) atoms. The number of unbranched alkanes of at least 4 members (excludes halogenated alkanes) is 1. The van der Waals surface area contributed by atoms with Gasteiger partial charge in [0.1, 0.15) is 5.70 Å². The summed E-state index contributed by atoms with van der Waals surface area (Å²) in [4.78, 5) is 24.7. The van der Waals surface area contributed by atoms with Crippen LogP contribution in [0.15, 0.2) is 84.6 Å². The maximum atomic E-state index is 12.4. The quantitative estimate of drug-likeness (QED) is 0.390. The molecule has 2 aromatic carbocycles. The second-order valence-corrected chi connectivity index (χ2v) is 6.19. The number of carbonyl (C=O) groups excluding carboxylic acids is 2. The maximum Gasteiger partial charge on any atom is 0.267 e. The molecule has 144 valence electrons. The second-order valence-electron chi connectivity index (χ2n) is 6.19. The van der Waals surface area contributed by atoms with E-state index in [9.17, 15) is 9.59 Å². The van der Waals surface area contributed by atoms with Crippen molar-refractivity contribution in [3.63, 3.8) is 0 Å². The Morgan fingerprint density at radius 2 is 1.50 bits per heavy atom. The van der Waals surface area contributed by atoms with Gasteiger partial charge < -0.3 is 10.6 Å². The maximum absolute atomic E-state index is 12.4. The van der Waals surface area contributed by atoms with Crippen LogP contribution >= 0.6 is 0 Å². The van der Waals surface area contributed by atoms with Gasteiger partial charge in [0.2, 0.25) is 5.91 Å². The van der Waals surface area contributed by atoms with E-state index < -0.39 is 0 Å². The zero-order chi connectivity index (χ0) is 20.0. The van der Waals surface area contributed by atoms with Crippen molar-refractivity contribution in [2.24, 2.45) is 0 Å². The fourth-order valence-corrected chi connectivity index (χ4v) is 2.38. The normalized spacial score (nSPS) is 11.7. The molecule has 0 aliphatic carbocycles. The van der Waals surface area contributed by atoms with E-state index in [4.69, 9.17) is 0 Å². The molecule has 0 atom stereocenters. The Hall–Kier alpha value is -3.40. The van der Waals surface area contributed by atoms with Crippen molar-refractivity contribution >= 4 is 24.0 Å². The first kappa shape index (κ1) is 20.9. The summed E-state index contributed by atoms with van der Waals surface area (Å²) in [5.74, 6) is -0.651. The molecule has 0 bridgehead atoms. The van der Waals surface area contributed by atoms with Gasteiger partial charge >= 0.3 is 0 Å². The largest absolute Gasteiger partial charge is 0.351 e.